The Labute approximate surface area is 152 Å². The van der Waals surface area contributed by atoms with Gasteiger partial charge < -0.3 is 15.2 Å². The molecule has 2 N–H and O–H groups in total. The molecule has 138 valence electrons. The highest BCUT2D eigenvalue weighted by Gasteiger charge is 2.32. The zero-order valence-corrected chi connectivity index (χ0v) is 14.9. The second-order valence-electron chi connectivity index (χ2n) is 6.68. The zero-order chi connectivity index (χ0) is 18.7. The fraction of sp³-hybridized carbons (Fsp3) is 0.421. The van der Waals surface area contributed by atoms with Gasteiger partial charge in [0.2, 0.25) is 0 Å². The molecule has 0 radical (unpaired) electrons. The van der Waals surface area contributed by atoms with Crippen molar-refractivity contribution in [2.75, 3.05) is 13.2 Å². The molecule has 0 bridgehead atoms. The summed E-state index contributed by atoms with van der Waals surface area (Å²) < 4.78 is 7.03. The normalized spacial score (nSPS) is 18.3. The van der Waals surface area contributed by atoms with E-state index in [-0.39, 0.29) is 11.6 Å². The molecule has 2 aromatic rings. The first kappa shape index (κ1) is 18.1. The van der Waals surface area contributed by atoms with E-state index >= 15 is 0 Å². The first-order valence-corrected chi connectivity index (χ1v) is 8.71. The molecular formula is C19H23N3O4. The lowest BCUT2D eigenvalue weighted by Gasteiger charge is -2.27. The monoisotopic (exact) mass is 357 g/mol. The van der Waals surface area contributed by atoms with Crippen LogP contribution in [0.1, 0.15) is 34.6 Å². The number of hydrogen-bond donors (Lipinski definition) is 2. The number of aryl methyl sites for hydroxylation is 2. The van der Waals surface area contributed by atoms with Gasteiger partial charge in [-0.15, -0.1) is 0 Å². The Morgan fingerprint density at radius 1 is 1.31 bits per heavy atom. The quantitative estimate of drug-likeness (QED) is 0.855. The number of carboxylic acid groups (broad SMARTS) is 1. The van der Waals surface area contributed by atoms with Gasteiger partial charge in [0.1, 0.15) is 6.04 Å². The maximum absolute atomic E-state index is 12.6. The summed E-state index contributed by atoms with van der Waals surface area (Å²) in [4.78, 5) is 24.2. The van der Waals surface area contributed by atoms with Crippen LogP contribution >= 0.6 is 0 Å². The maximum atomic E-state index is 12.6. The number of benzene rings is 1. The number of rotatable bonds is 5. The minimum Gasteiger partial charge on any atom is -0.480 e. The van der Waals surface area contributed by atoms with Crippen LogP contribution in [0.25, 0.3) is 5.69 Å². The van der Waals surface area contributed by atoms with Crippen molar-refractivity contribution in [1.82, 2.24) is 15.1 Å². The van der Waals surface area contributed by atoms with Gasteiger partial charge in [0.05, 0.1) is 12.3 Å². The van der Waals surface area contributed by atoms with Crippen LogP contribution in [0.5, 0.6) is 0 Å². The topological polar surface area (TPSA) is 93.5 Å². The standard InChI is InChI=1S/C19H23N3O4/c1-12-5-7-15(8-6-12)22-13(2)10-16(21-22)18(23)20-17(19(24)25)14-4-3-9-26-11-14/h5-8,10,14,17H,3-4,9,11H2,1-2H3,(H,20,23)(H,24,25). The third kappa shape index (κ3) is 3.94. The van der Waals surface area contributed by atoms with E-state index in [4.69, 9.17) is 4.74 Å². The predicted molar refractivity (Wildman–Crippen MR) is 95.5 cm³/mol. The number of nitrogens with zero attached hydrogens (tertiary/aromatic N) is 2. The van der Waals surface area contributed by atoms with Gasteiger partial charge in [-0.25, -0.2) is 9.48 Å². The van der Waals surface area contributed by atoms with Crippen molar-refractivity contribution in [3.8, 4) is 5.69 Å². The molecular weight excluding hydrogens is 334 g/mol. The Morgan fingerprint density at radius 2 is 2.04 bits per heavy atom. The summed E-state index contributed by atoms with van der Waals surface area (Å²) in [6.45, 7) is 4.83. The third-order valence-electron chi connectivity index (χ3n) is 4.62. The van der Waals surface area contributed by atoms with Crippen LogP contribution in [-0.2, 0) is 9.53 Å². The first-order chi connectivity index (χ1) is 12.5. The number of aromatic nitrogens is 2. The molecule has 0 aliphatic carbocycles. The van der Waals surface area contributed by atoms with E-state index < -0.39 is 17.9 Å². The van der Waals surface area contributed by atoms with Crippen molar-refractivity contribution in [1.29, 1.82) is 0 Å². The molecule has 2 atom stereocenters. The highest BCUT2D eigenvalue weighted by atomic mass is 16.5. The fourth-order valence-electron chi connectivity index (χ4n) is 3.16. The predicted octanol–water partition coefficient (Wildman–Crippen LogP) is 2.10. The Bertz CT molecular complexity index is 792. The third-order valence-corrected chi connectivity index (χ3v) is 4.62. The molecule has 1 aromatic heterocycles. The van der Waals surface area contributed by atoms with Gasteiger partial charge in [-0.05, 0) is 44.9 Å². The van der Waals surface area contributed by atoms with Crippen molar-refractivity contribution in [2.45, 2.75) is 32.7 Å². The lowest BCUT2D eigenvalue weighted by atomic mass is 9.93. The number of ether oxygens (including phenoxy) is 1. The molecule has 26 heavy (non-hydrogen) atoms. The molecule has 1 saturated heterocycles. The van der Waals surface area contributed by atoms with E-state index in [2.05, 4.69) is 10.4 Å². The molecule has 2 heterocycles. The average Bonchev–Trinajstić information content (AvgIpc) is 3.02. The van der Waals surface area contributed by atoms with Crippen molar-refractivity contribution >= 4 is 11.9 Å². The molecule has 7 nitrogen and oxygen atoms in total. The summed E-state index contributed by atoms with van der Waals surface area (Å²) in [5.74, 6) is -1.77. The molecule has 0 spiro atoms. The Hall–Kier alpha value is -2.67. The molecule has 1 aromatic carbocycles. The van der Waals surface area contributed by atoms with Gasteiger partial charge in [0.25, 0.3) is 5.91 Å². The van der Waals surface area contributed by atoms with Crippen molar-refractivity contribution in [2.24, 2.45) is 5.92 Å². The number of nitrogens with one attached hydrogen (secondary N) is 1. The van der Waals surface area contributed by atoms with E-state index in [1.807, 2.05) is 38.1 Å². The van der Waals surface area contributed by atoms with Gasteiger partial charge in [0, 0.05) is 18.2 Å². The first-order valence-electron chi connectivity index (χ1n) is 8.71. The number of hydrogen-bond acceptors (Lipinski definition) is 4. The molecule has 2 unspecified atom stereocenters. The number of carbonyl (C=O) groups is 2. The molecule has 1 fully saturated rings. The largest absolute Gasteiger partial charge is 0.480 e. The van der Waals surface area contributed by atoms with Gasteiger partial charge in [-0.1, -0.05) is 17.7 Å². The number of aliphatic carboxylic acids is 1. The van der Waals surface area contributed by atoms with Gasteiger partial charge in [0.15, 0.2) is 5.69 Å². The molecule has 0 saturated carbocycles. The fourth-order valence-corrected chi connectivity index (χ4v) is 3.16. The van der Waals surface area contributed by atoms with Crippen LogP contribution in [0.4, 0.5) is 0 Å². The van der Waals surface area contributed by atoms with Crippen molar-refractivity contribution < 1.29 is 19.4 Å². The van der Waals surface area contributed by atoms with Crippen LogP contribution in [0.2, 0.25) is 0 Å². The summed E-state index contributed by atoms with van der Waals surface area (Å²) >= 11 is 0. The molecule has 1 aliphatic heterocycles. The molecule has 1 amide bonds. The maximum Gasteiger partial charge on any atom is 0.326 e. The lowest BCUT2D eigenvalue weighted by molar-refractivity contribution is -0.142. The van der Waals surface area contributed by atoms with E-state index in [0.717, 1.165) is 23.4 Å². The van der Waals surface area contributed by atoms with Crippen LogP contribution in [-0.4, -0.2) is 46.0 Å². The molecule has 3 rings (SSSR count). The number of amides is 1. The van der Waals surface area contributed by atoms with E-state index in [1.165, 1.54) is 0 Å². The van der Waals surface area contributed by atoms with Crippen LogP contribution in [0.3, 0.4) is 0 Å². The van der Waals surface area contributed by atoms with Crippen LogP contribution < -0.4 is 5.32 Å². The highest BCUT2D eigenvalue weighted by molar-refractivity contribution is 5.95. The molecule has 1 aliphatic rings. The van der Waals surface area contributed by atoms with Gasteiger partial charge in [-0.2, -0.15) is 5.10 Å². The van der Waals surface area contributed by atoms with E-state index in [0.29, 0.717) is 19.6 Å². The Balaban J connectivity index is 1.77. The second kappa shape index (κ2) is 7.70. The smallest absolute Gasteiger partial charge is 0.326 e. The van der Waals surface area contributed by atoms with Crippen molar-refractivity contribution in [3.63, 3.8) is 0 Å². The minimum absolute atomic E-state index is 0.200. The zero-order valence-electron chi connectivity index (χ0n) is 14.9. The van der Waals surface area contributed by atoms with Crippen molar-refractivity contribution in [3.05, 3.63) is 47.3 Å². The minimum atomic E-state index is -1.05. The Morgan fingerprint density at radius 3 is 2.65 bits per heavy atom. The summed E-state index contributed by atoms with van der Waals surface area (Å²) in [6, 6.07) is 8.48. The lowest BCUT2D eigenvalue weighted by Crippen LogP contribution is -2.48. The summed E-state index contributed by atoms with van der Waals surface area (Å²) in [7, 11) is 0. The number of carbonyl (C=O) groups excluding carboxylic acids is 1. The summed E-state index contributed by atoms with van der Waals surface area (Å²) in [5.41, 5.74) is 2.98. The number of carboxylic acids is 1. The SMILES string of the molecule is Cc1ccc(-n2nc(C(=O)NC(C(=O)O)C3CCCOC3)cc2C)cc1. The Kier molecular flexibility index (Phi) is 5.37. The van der Waals surface area contributed by atoms with Crippen LogP contribution in [0, 0.1) is 19.8 Å². The van der Waals surface area contributed by atoms with Gasteiger partial charge in [-0.3, -0.25) is 4.79 Å². The van der Waals surface area contributed by atoms with Crippen LogP contribution in [0.15, 0.2) is 30.3 Å². The summed E-state index contributed by atoms with van der Waals surface area (Å²) in [5, 5.41) is 16.4. The summed E-state index contributed by atoms with van der Waals surface area (Å²) in [6.07, 6.45) is 1.51. The van der Waals surface area contributed by atoms with Gasteiger partial charge >= 0.3 is 5.97 Å². The molecule has 7 heteroatoms. The van der Waals surface area contributed by atoms with E-state index in [9.17, 15) is 14.7 Å². The average molecular weight is 357 g/mol. The second-order valence-corrected chi connectivity index (χ2v) is 6.68. The van der Waals surface area contributed by atoms with E-state index in [1.54, 1.807) is 10.7 Å². The highest BCUT2D eigenvalue weighted by Crippen LogP contribution is 2.19.